The quantitative estimate of drug-likeness (QED) is 0.907. The Hall–Kier alpha value is -0.680. The summed E-state index contributed by atoms with van der Waals surface area (Å²) in [5.74, 6) is -0.450. The van der Waals surface area contributed by atoms with Crippen LogP contribution >= 0.6 is 11.6 Å². The first kappa shape index (κ1) is 15.7. The van der Waals surface area contributed by atoms with Crippen LogP contribution in [0.1, 0.15) is 18.9 Å². The topological polar surface area (TPSA) is 32.7 Å². The van der Waals surface area contributed by atoms with E-state index in [1.54, 1.807) is 12.1 Å². The molecule has 1 saturated heterocycles. The molecule has 2 unspecified atom stereocenters. The third-order valence-corrected chi connectivity index (χ3v) is 4.03. The van der Waals surface area contributed by atoms with Crippen LogP contribution in [0, 0.1) is 5.82 Å². The predicted molar refractivity (Wildman–Crippen MR) is 77.6 cm³/mol. The normalized spacial score (nSPS) is 21.9. The van der Waals surface area contributed by atoms with Gasteiger partial charge >= 0.3 is 0 Å². The van der Waals surface area contributed by atoms with E-state index in [0.717, 1.165) is 19.5 Å². The van der Waals surface area contributed by atoms with E-state index >= 15 is 0 Å². The van der Waals surface area contributed by atoms with Gasteiger partial charge in [0.25, 0.3) is 0 Å². The fraction of sp³-hybridized carbons (Fsp3) is 0.600. The van der Waals surface area contributed by atoms with Gasteiger partial charge in [-0.1, -0.05) is 30.7 Å². The molecule has 1 N–H and O–H groups in total. The van der Waals surface area contributed by atoms with Crippen molar-refractivity contribution in [1.29, 1.82) is 0 Å². The summed E-state index contributed by atoms with van der Waals surface area (Å²) in [6.07, 6.45) is 0.475. The van der Waals surface area contributed by atoms with Gasteiger partial charge in [-0.3, -0.25) is 4.90 Å². The Labute approximate surface area is 124 Å². The maximum absolute atomic E-state index is 13.4. The molecule has 1 aromatic rings. The Morgan fingerprint density at radius 2 is 2.35 bits per heavy atom. The summed E-state index contributed by atoms with van der Waals surface area (Å²) >= 11 is 5.92. The zero-order chi connectivity index (χ0) is 14.5. The highest BCUT2D eigenvalue weighted by Gasteiger charge is 2.27. The molecule has 1 aliphatic heterocycles. The Balaban J connectivity index is 1.97. The van der Waals surface area contributed by atoms with Crippen molar-refractivity contribution >= 4 is 11.6 Å². The number of benzene rings is 1. The molecule has 2 rings (SSSR count). The van der Waals surface area contributed by atoms with Crippen molar-refractivity contribution in [3.8, 4) is 0 Å². The average Bonchev–Trinajstić information content (AvgIpc) is 2.44. The van der Waals surface area contributed by atoms with Crippen LogP contribution in [0.4, 0.5) is 4.39 Å². The lowest BCUT2D eigenvalue weighted by atomic mass is 10.0. The number of nitrogens with zero attached hydrogens (tertiary/aromatic N) is 1. The number of rotatable bonds is 5. The fourth-order valence-electron chi connectivity index (χ4n) is 2.55. The molecular formula is C15H21ClFNO2. The van der Waals surface area contributed by atoms with E-state index in [9.17, 15) is 9.50 Å². The minimum absolute atomic E-state index is 0.0905. The van der Waals surface area contributed by atoms with E-state index in [4.69, 9.17) is 16.3 Å². The largest absolute Gasteiger partial charge is 0.390 e. The standard InChI is InChI=1S/C15H21ClFNO2/c1-2-6-18-7-8-20-14(10-18)13(19)9-11-4-3-5-12(17)15(11)16/h3-5,13-14,19H,2,6-10H2,1H3. The SMILES string of the molecule is CCCN1CCOC(C(O)Cc2cccc(F)c2Cl)C1. The first-order valence-electron chi connectivity index (χ1n) is 7.06. The molecule has 0 amide bonds. The van der Waals surface area contributed by atoms with Crippen LogP contribution in [-0.4, -0.2) is 48.5 Å². The van der Waals surface area contributed by atoms with Gasteiger partial charge in [-0.15, -0.1) is 0 Å². The number of ether oxygens (including phenoxy) is 1. The van der Waals surface area contributed by atoms with Crippen LogP contribution in [0.15, 0.2) is 18.2 Å². The molecule has 2 atom stereocenters. The molecule has 20 heavy (non-hydrogen) atoms. The zero-order valence-electron chi connectivity index (χ0n) is 11.7. The Morgan fingerprint density at radius 1 is 1.55 bits per heavy atom. The predicted octanol–water partition coefficient (Wildman–Crippen LogP) is 2.49. The number of aliphatic hydroxyl groups excluding tert-OH is 1. The Kier molecular flexibility index (Phi) is 5.78. The molecule has 1 aliphatic rings. The van der Waals surface area contributed by atoms with Crippen molar-refractivity contribution in [3.63, 3.8) is 0 Å². The average molecular weight is 302 g/mol. The molecule has 0 radical (unpaired) electrons. The summed E-state index contributed by atoms with van der Waals surface area (Å²) in [5.41, 5.74) is 0.621. The van der Waals surface area contributed by atoms with E-state index < -0.39 is 11.9 Å². The zero-order valence-corrected chi connectivity index (χ0v) is 12.4. The molecule has 5 heteroatoms. The van der Waals surface area contributed by atoms with Gasteiger partial charge in [0.15, 0.2) is 0 Å². The number of hydrogen-bond acceptors (Lipinski definition) is 3. The fourth-order valence-corrected chi connectivity index (χ4v) is 2.75. The van der Waals surface area contributed by atoms with Gasteiger partial charge in [0.2, 0.25) is 0 Å². The van der Waals surface area contributed by atoms with Gasteiger partial charge in [-0.25, -0.2) is 4.39 Å². The Bertz CT molecular complexity index is 442. The molecule has 0 spiro atoms. The van der Waals surface area contributed by atoms with Crippen molar-refractivity contribution in [2.45, 2.75) is 32.0 Å². The van der Waals surface area contributed by atoms with Gasteiger partial charge in [0, 0.05) is 19.5 Å². The summed E-state index contributed by atoms with van der Waals surface area (Å²) in [7, 11) is 0. The van der Waals surface area contributed by atoms with Gasteiger partial charge in [0.1, 0.15) is 5.82 Å². The number of halogens is 2. The molecule has 1 fully saturated rings. The minimum atomic E-state index is -0.672. The van der Waals surface area contributed by atoms with Crippen LogP contribution < -0.4 is 0 Å². The van der Waals surface area contributed by atoms with E-state index in [0.29, 0.717) is 25.1 Å². The maximum Gasteiger partial charge on any atom is 0.142 e. The molecular weight excluding hydrogens is 281 g/mol. The lowest BCUT2D eigenvalue weighted by Crippen LogP contribution is -2.48. The lowest BCUT2D eigenvalue weighted by molar-refractivity contribution is -0.0877. The second-order valence-electron chi connectivity index (χ2n) is 5.19. The van der Waals surface area contributed by atoms with Crippen LogP contribution in [-0.2, 0) is 11.2 Å². The summed E-state index contributed by atoms with van der Waals surface area (Å²) < 4.78 is 19.0. The third-order valence-electron chi connectivity index (χ3n) is 3.61. The highest BCUT2D eigenvalue weighted by molar-refractivity contribution is 6.31. The highest BCUT2D eigenvalue weighted by Crippen LogP contribution is 2.22. The number of aliphatic hydroxyl groups is 1. The number of hydrogen-bond donors (Lipinski definition) is 1. The van der Waals surface area contributed by atoms with Crippen LogP contribution in [0.3, 0.4) is 0 Å². The first-order valence-corrected chi connectivity index (χ1v) is 7.44. The summed E-state index contributed by atoms with van der Waals surface area (Å²) in [6.45, 7) is 5.37. The molecule has 1 aromatic carbocycles. The Morgan fingerprint density at radius 3 is 3.10 bits per heavy atom. The van der Waals surface area contributed by atoms with Crippen LogP contribution in [0.25, 0.3) is 0 Å². The van der Waals surface area contributed by atoms with Gasteiger partial charge in [0.05, 0.1) is 23.8 Å². The summed E-state index contributed by atoms with van der Waals surface area (Å²) in [5, 5.41) is 10.4. The molecule has 0 aliphatic carbocycles. The van der Waals surface area contributed by atoms with Gasteiger partial charge in [-0.2, -0.15) is 0 Å². The lowest BCUT2D eigenvalue weighted by Gasteiger charge is -2.35. The second-order valence-corrected chi connectivity index (χ2v) is 5.57. The minimum Gasteiger partial charge on any atom is -0.390 e. The molecule has 0 saturated carbocycles. The molecule has 0 aromatic heterocycles. The second kappa shape index (κ2) is 7.36. The van der Waals surface area contributed by atoms with E-state index in [2.05, 4.69) is 11.8 Å². The first-order chi connectivity index (χ1) is 9.61. The molecule has 1 heterocycles. The molecule has 3 nitrogen and oxygen atoms in total. The van der Waals surface area contributed by atoms with Crippen molar-refractivity contribution in [2.24, 2.45) is 0 Å². The van der Waals surface area contributed by atoms with Crippen molar-refractivity contribution in [1.82, 2.24) is 4.90 Å². The summed E-state index contributed by atoms with van der Waals surface area (Å²) in [6, 6.07) is 4.66. The number of morpholine rings is 1. The monoisotopic (exact) mass is 301 g/mol. The third kappa shape index (κ3) is 3.92. The van der Waals surface area contributed by atoms with E-state index in [1.165, 1.54) is 6.07 Å². The van der Waals surface area contributed by atoms with Gasteiger partial charge in [-0.05, 0) is 24.6 Å². The van der Waals surface area contributed by atoms with Crippen LogP contribution in [0.2, 0.25) is 5.02 Å². The van der Waals surface area contributed by atoms with Crippen molar-refractivity contribution in [2.75, 3.05) is 26.2 Å². The smallest absolute Gasteiger partial charge is 0.142 e. The molecule has 112 valence electrons. The van der Waals surface area contributed by atoms with Crippen LogP contribution in [0.5, 0.6) is 0 Å². The molecule has 0 bridgehead atoms. The van der Waals surface area contributed by atoms with Gasteiger partial charge < -0.3 is 9.84 Å². The summed E-state index contributed by atoms with van der Waals surface area (Å²) in [4.78, 5) is 2.28. The van der Waals surface area contributed by atoms with E-state index in [1.807, 2.05) is 0 Å². The maximum atomic E-state index is 13.4. The highest BCUT2D eigenvalue weighted by atomic mass is 35.5. The van der Waals surface area contributed by atoms with E-state index in [-0.39, 0.29) is 11.1 Å². The van der Waals surface area contributed by atoms with Crippen molar-refractivity contribution < 1.29 is 14.2 Å². The van der Waals surface area contributed by atoms with Crippen molar-refractivity contribution in [3.05, 3.63) is 34.6 Å².